The van der Waals surface area contributed by atoms with E-state index in [0.717, 1.165) is 22.9 Å². The fourth-order valence-corrected chi connectivity index (χ4v) is 8.70. The number of aryl methyl sites for hydroxylation is 2. The van der Waals surface area contributed by atoms with E-state index in [1.165, 1.54) is 25.1 Å². The number of nitrogens with one attached hydrogen (secondary N) is 2. The summed E-state index contributed by atoms with van der Waals surface area (Å²) in [5.41, 5.74) is 1.74. The van der Waals surface area contributed by atoms with Crippen LogP contribution in [-0.4, -0.2) is 72.9 Å². The molecule has 2 aromatic heterocycles. The third-order valence-electron chi connectivity index (χ3n) is 9.41. The molecule has 0 saturated heterocycles. The molecule has 1 aliphatic rings. The van der Waals surface area contributed by atoms with Gasteiger partial charge in [-0.3, -0.25) is 15.2 Å². The Morgan fingerprint density at radius 3 is 2.37 bits per heavy atom. The highest BCUT2D eigenvalue weighted by atomic mass is 32.2. The highest BCUT2D eigenvalue weighted by Crippen LogP contribution is 2.38. The van der Waals surface area contributed by atoms with Gasteiger partial charge in [-0.1, -0.05) is 38.5 Å². The maximum absolute atomic E-state index is 14.3. The average molecular weight is 733 g/mol. The lowest BCUT2D eigenvalue weighted by atomic mass is 9.75. The van der Waals surface area contributed by atoms with Crippen molar-refractivity contribution in [2.24, 2.45) is 17.8 Å². The lowest BCUT2D eigenvalue weighted by Gasteiger charge is -2.37. The Balaban J connectivity index is 1.48. The van der Waals surface area contributed by atoms with E-state index >= 15 is 0 Å². The average Bonchev–Trinajstić information content (AvgIpc) is 3.63. The smallest absolute Gasteiger partial charge is 0.416 e. The van der Waals surface area contributed by atoms with E-state index < -0.39 is 38.5 Å². The van der Waals surface area contributed by atoms with Crippen molar-refractivity contribution in [3.05, 3.63) is 59.2 Å². The Morgan fingerprint density at radius 1 is 1.08 bits per heavy atom. The van der Waals surface area contributed by atoms with E-state index in [4.69, 9.17) is 9.47 Å². The van der Waals surface area contributed by atoms with Gasteiger partial charge in [0.25, 0.3) is 0 Å². The lowest BCUT2D eigenvalue weighted by molar-refractivity contribution is -0.140. The molecule has 0 bridgehead atoms. The van der Waals surface area contributed by atoms with E-state index in [1.807, 2.05) is 13.0 Å². The first-order valence-corrected chi connectivity index (χ1v) is 18.6. The largest absolute Gasteiger partial charge is 0.469 e. The number of sulfone groups is 1. The second-order valence-electron chi connectivity index (χ2n) is 13.7. The second-order valence-corrected chi connectivity index (χ2v) is 15.6. The van der Waals surface area contributed by atoms with Crippen LogP contribution in [0.25, 0.3) is 17.0 Å². The molecule has 0 radical (unpaired) electrons. The number of methoxy groups -OCH3 is 1. The van der Waals surface area contributed by atoms with Gasteiger partial charge >= 0.3 is 18.2 Å². The topological polar surface area (TPSA) is 185 Å². The summed E-state index contributed by atoms with van der Waals surface area (Å²) in [6, 6.07) is 13.4. The van der Waals surface area contributed by atoms with Crippen LogP contribution < -0.4 is 10.1 Å². The number of nitrogens with zero attached hydrogens (tertiary/aromatic N) is 4. The first-order valence-electron chi connectivity index (χ1n) is 17.1. The number of rotatable bonds is 10. The van der Waals surface area contributed by atoms with Crippen LogP contribution in [0.2, 0.25) is 0 Å². The summed E-state index contributed by atoms with van der Waals surface area (Å²) < 4.78 is 45.8. The van der Waals surface area contributed by atoms with Crippen LogP contribution in [0, 0.1) is 42.9 Å². The summed E-state index contributed by atoms with van der Waals surface area (Å²) in [6.07, 6.45) is 0.723. The van der Waals surface area contributed by atoms with E-state index in [0.29, 0.717) is 22.7 Å². The van der Waals surface area contributed by atoms with Crippen LogP contribution in [0.3, 0.4) is 0 Å². The van der Waals surface area contributed by atoms with Crippen molar-refractivity contribution in [1.82, 2.24) is 19.5 Å². The van der Waals surface area contributed by atoms with E-state index in [2.05, 4.69) is 40.9 Å². The monoisotopic (exact) mass is 732 g/mol. The Hall–Kier alpha value is -5.36. The number of esters is 1. The zero-order valence-corrected chi connectivity index (χ0v) is 31.2. The highest BCUT2D eigenvalue weighted by Gasteiger charge is 2.36. The van der Waals surface area contributed by atoms with E-state index in [1.54, 1.807) is 43.3 Å². The number of fused-ring (bicyclic) bond motifs is 1. The third kappa shape index (κ3) is 7.91. The number of hydrogen-bond acceptors (Lipinski definition) is 10. The Kier molecular flexibility index (Phi) is 11.3. The van der Waals surface area contributed by atoms with Gasteiger partial charge in [-0.05, 0) is 86.8 Å². The molecule has 52 heavy (non-hydrogen) atoms. The van der Waals surface area contributed by atoms with Gasteiger partial charge in [0.05, 0.1) is 12.0 Å². The minimum absolute atomic E-state index is 0.0294. The van der Waals surface area contributed by atoms with Gasteiger partial charge in [0, 0.05) is 31.3 Å². The number of amides is 2. The van der Waals surface area contributed by atoms with E-state index in [9.17, 15) is 28.1 Å². The van der Waals surface area contributed by atoms with Gasteiger partial charge in [-0.2, -0.15) is 5.26 Å². The van der Waals surface area contributed by atoms with Crippen LogP contribution in [0.5, 0.6) is 5.88 Å². The molecule has 15 heteroatoms. The molecule has 4 aromatic rings. The zero-order valence-electron chi connectivity index (χ0n) is 30.3. The summed E-state index contributed by atoms with van der Waals surface area (Å²) in [5.74, 6) is 0.474. The van der Waals surface area contributed by atoms with Gasteiger partial charge in [0.2, 0.25) is 15.7 Å². The van der Waals surface area contributed by atoms with Crippen molar-refractivity contribution >= 4 is 39.3 Å². The molecule has 2 heterocycles. The molecule has 276 valence electrons. The summed E-state index contributed by atoms with van der Waals surface area (Å²) in [5, 5.41) is 16.0. The molecule has 1 saturated carbocycles. The Bertz CT molecular complexity index is 2120. The highest BCUT2D eigenvalue weighted by molar-refractivity contribution is 7.91. The summed E-state index contributed by atoms with van der Waals surface area (Å²) in [4.78, 5) is 42.9. The van der Waals surface area contributed by atoms with Crippen LogP contribution in [-0.2, 0) is 24.1 Å². The second kappa shape index (κ2) is 15.5. The number of anilines is 1. The van der Waals surface area contributed by atoms with Gasteiger partial charge in [0.1, 0.15) is 22.6 Å². The van der Waals surface area contributed by atoms with Crippen LogP contribution in [0.1, 0.15) is 63.1 Å². The Morgan fingerprint density at radius 2 is 1.75 bits per heavy atom. The molecule has 1 fully saturated rings. The van der Waals surface area contributed by atoms with Crippen molar-refractivity contribution in [2.75, 3.05) is 26.0 Å². The zero-order chi connectivity index (χ0) is 37.9. The molecule has 14 nitrogen and oxygen atoms in total. The molecule has 2 N–H and O–H groups in total. The summed E-state index contributed by atoms with van der Waals surface area (Å²) >= 11 is 0. The van der Waals surface area contributed by atoms with Gasteiger partial charge < -0.3 is 19.1 Å². The molecule has 2 atom stereocenters. The van der Waals surface area contributed by atoms with Gasteiger partial charge in [-0.15, -0.1) is 0 Å². The lowest BCUT2D eigenvalue weighted by Crippen LogP contribution is -2.38. The minimum atomic E-state index is -4.37. The van der Waals surface area contributed by atoms with Crippen molar-refractivity contribution in [3.8, 4) is 23.3 Å². The minimum Gasteiger partial charge on any atom is -0.469 e. The molecule has 1 aliphatic carbocycles. The van der Waals surface area contributed by atoms with Crippen molar-refractivity contribution in [3.63, 3.8) is 0 Å². The summed E-state index contributed by atoms with van der Waals surface area (Å²) in [6.45, 7) is 10.0. The predicted molar refractivity (Wildman–Crippen MR) is 192 cm³/mol. The number of aromatic nitrogens is 3. The SMILES string of the molecule is COC(=O)CCCN(C)C(=O)Oc1c(C#N)c(S(=O)(=O)c2ccc(C)cc2C)c2nc(-c3ccc(NC(=O)OC4C(C)CC(C)CC4C)cc3)[nH]n12. The molecule has 0 aliphatic heterocycles. The normalized spacial score (nSPS) is 18.7. The van der Waals surface area contributed by atoms with Crippen molar-refractivity contribution in [2.45, 2.75) is 76.2 Å². The number of benzene rings is 2. The number of ether oxygens (including phenoxy) is 3. The molecule has 5 rings (SSSR count). The Labute approximate surface area is 303 Å². The summed E-state index contributed by atoms with van der Waals surface area (Å²) in [7, 11) is -1.66. The van der Waals surface area contributed by atoms with E-state index in [-0.39, 0.29) is 59.6 Å². The number of nitriles is 1. The number of aromatic amines is 1. The van der Waals surface area contributed by atoms with Gasteiger partial charge in [0.15, 0.2) is 11.5 Å². The maximum Gasteiger partial charge on any atom is 0.416 e. The van der Waals surface area contributed by atoms with Crippen molar-refractivity contribution in [1.29, 1.82) is 5.26 Å². The maximum atomic E-state index is 14.3. The third-order valence-corrected chi connectivity index (χ3v) is 11.4. The number of carbonyl (C=O) groups is 3. The first kappa shape index (κ1) is 37.9. The fourth-order valence-electron chi connectivity index (χ4n) is 6.97. The van der Waals surface area contributed by atoms with Crippen LogP contribution in [0.4, 0.5) is 15.3 Å². The molecular weight excluding hydrogens is 689 g/mol. The molecule has 2 aromatic carbocycles. The van der Waals surface area contributed by atoms with Crippen molar-refractivity contribution < 1.29 is 37.0 Å². The number of H-pyrrole nitrogens is 1. The van der Waals surface area contributed by atoms with Gasteiger partial charge in [-0.25, -0.2) is 27.5 Å². The predicted octanol–water partition coefficient (Wildman–Crippen LogP) is 6.65. The fraction of sp³-hybridized carbons (Fsp3) is 0.432. The number of carbonyl (C=O) groups excluding carboxylic acids is 3. The molecular formula is C37H44N6O8S. The molecule has 2 amide bonds. The standard InChI is InChI=1S/C37H44N6O8S/c1-21-10-15-29(23(3)17-21)52(47,48)32-28(20-38)35(51-37(46)42(6)16-8-9-30(44)49-7)43-34(32)40-33(41-43)26-11-13-27(14-12-26)39-36(45)50-31-24(4)18-22(2)19-25(31)5/h10-15,17,22,24-25,31H,8-9,16,18-19H2,1-7H3,(H,39,45)(H,40,41). The first-order chi connectivity index (χ1) is 24.6. The number of hydrogen-bond donors (Lipinski definition) is 2. The quantitative estimate of drug-likeness (QED) is 0.167. The van der Waals surface area contributed by atoms with Crippen LogP contribution in [0.15, 0.2) is 52.3 Å². The van der Waals surface area contributed by atoms with Crippen LogP contribution >= 0.6 is 0 Å². The molecule has 0 spiro atoms. The molecule has 2 unspecified atom stereocenters.